The van der Waals surface area contributed by atoms with Gasteiger partial charge in [-0.3, -0.25) is 0 Å². The van der Waals surface area contributed by atoms with Crippen molar-refractivity contribution in [2.24, 2.45) is 0 Å². The maximum absolute atomic E-state index is 13.0. The van der Waals surface area contributed by atoms with Crippen LogP contribution in [-0.2, 0) is 25.6 Å². The number of rotatable bonds is 6. The lowest BCUT2D eigenvalue weighted by molar-refractivity contribution is -0.228. The highest BCUT2D eigenvalue weighted by atomic mass is 19.1. The third-order valence-corrected chi connectivity index (χ3v) is 4.01. The number of alkyl halides is 1. The van der Waals surface area contributed by atoms with Crippen LogP contribution >= 0.6 is 0 Å². The van der Waals surface area contributed by atoms with Crippen LogP contribution in [0.5, 0.6) is 5.75 Å². The van der Waals surface area contributed by atoms with Gasteiger partial charge in [-0.2, -0.15) is 0 Å². The largest absolute Gasteiger partial charge is 0.497 e. The molecule has 2 saturated heterocycles. The summed E-state index contributed by atoms with van der Waals surface area (Å²) < 4.78 is 41.1. The lowest BCUT2D eigenvalue weighted by Gasteiger charge is -2.25. The average Bonchev–Trinajstić information content (AvgIpc) is 3.06. The molecule has 0 spiro atoms. The number of hydrogen-bond donors (Lipinski definition) is 0. The van der Waals surface area contributed by atoms with Crippen molar-refractivity contribution in [3.63, 3.8) is 0 Å². The Bertz CT molecular complexity index is 566. The van der Waals surface area contributed by atoms with Crippen molar-refractivity contribution in [2.45, 2.75) is 43.9 Å². The molecule has 2 aliphatic rings. The number of methoxy groups -OCH3 is 1. The maximum atomic E-state index is 13.0. The molecule has 3 rings (SSSR count). The Morgan fingerprint density at radius 2 is 2.22 bits per heavy atom. The summed E-state index contributed by atoms with van der Waals surface area (Å²) in [7, 11) is 1.62. The molecule has 0 bridgehead atoms. The fraction of sp³-hybridized carbons (Fsp3) is 0.529. The van der Waals surface area contributed by atoms with Crippen LogP contribution in [0.15, 0.2) is 36.9 Å². The first-order valence-corrected chi connectivity index (χ1v) is 7.53. The van der Waals surface area contributed by atoms with Gasteiger partial charge < -0.3 is 23.7 Å². The molecule has 2 fully saturated rings. The minimum atomic E-state index is -1.28. The zero-order valence-corrected chi connectivity index (χ0v) is 13.2. The van der Waals surface area contributed by atoms with Crippen LogP contribution in [0.2, 0.25) is 0 Å². The van der Waals surface area contributed by atoms with E-state index in [1.165, 1.54) is 0 Å². The molecule has 1 aromatic carbocycles. The Morgan fingerprint density at radius 3 is 2.91 bits per heavy atom. The summed E-state index contributed by atoms with van der Waals surface area (Å²) in [5, 5.41) is 0. The van der Waals surface area contributed by atoms with Crippen LogP contribution in [0.25, 0.3) is 0 Å². The normalized spacial score (nSPS) is 36.0. The standard InChI is InChI=1S/C17H21FO5/c1-4-13-14(15-16(21-13)23-17(2,10-18)22-15)20-9-11-6-5-7-12(8-11)19-3/h4-8,13-16H,1,9-10H2,2-3H3/t13-,14+,15-,16-,17?/m1/s1. The van der Waals surface area contributed by atoms with Gasteiger partial charge in [0.1, 0.15) is 30.7 Å². The van der Waals surface area contributed by atoms with Gasteiger partial charge in [0.05, 0.1) is 13.7 Å². The van der Waals surface area contributed by atoms with Crippen molar-refractivity contribution in [3.8, 4) is 5.75 Å². The van der Waals surface area contributed by atoms with Crippen molar-refractivity contribution in [1.29, 1.82) is 0 Å². The second-order valence-electron chi connectivity index (χ2n) is 5.80. The minimum absolute atomic E-state index is 0.356. The van der Waals surface area contributed by atoms with Crippen LogP contribution in [0.1, 0.15) is 12.5 Å². The van der Waals surface area contributed by atoms with Crippen molar-refractivity contribution < 1.29 is 28.1 Å². The zero-order chi connectivity index (χ0) is 16.4. The van der Waals surface area contributed by atoms with E-state index in [1.54, 1.807) is 20.1 Å². The van der Waals surface area contributed by atoms with Crippen molar-refractivity contribution in [1.82, 2.24) is 0 Å². The quantitative estimate of drug-likeness (QED) is 0.753. The highest BCUT2D eigenvalue weighted by Gasteiger charge is 2.56. The third kappa shape index (κ3) is 3.26. The molecule has 23 heavy (non-hydrogen) atoms. The van der Waals surface area contributed by atoms with Gasteiger partial charge in [-0.05, 0) is 24.6 Å². The van der Waals surface area contributed by atoms with E-state index < -0.39 is 31.0 Å². The van der Waals surface area contributed by atoms with Crippen LogP contribution in [0.4, 0.5) is 4.39 Å². The van der Waals surface area contributed by atoms with Crippen LogP contribution in [0, 0.1) is 0 Å². The van der Waals surface area contributed by atoms with E-state index >= 15 is 0 Å². The van der Waals surface area contributed by atoms with Crippen molar-refractivity contribution in [2.75, 3.05) is 13.8 Å². The number of hydrogen-bond acceptors (Lipinski definition) is 5. The van der Waals surface area contributed by atoms with E-state index in [2.05, 4.69) is 6.58 Å². The molecule has 0 N–H and O–H groups in total. The SMILES string of the molecule is C=C[C@H]1O[C@@H]2OC(C)(CF)O[C@@H]2[C@H]1OCc1cccc(OC)c1. The number of fused-ring (bicyclic) bond motifs is 1. The molecular formula is C17H21FO5. The lowest BCUT2D eigenvalue weighted by Crippen LogP contribution is -2.37. The Labute approximate surface area is 134 Å². The molecule has 5 nitrogen and oxygen atoms in total. The van der Waals surface area contributed by atoms with Gasteiger partial charge in [0.2, 0.25) is 0 Å². The monoisotopic (exact) mass is 324 g/mol. The Balaban J connectivity index is 1.68. The van der Waals surface area contributed by atoms with E-state index in [-0.39, 0.29) is 6.10 Å². The van der Waals surface area contributed by atoms with Crippen LogP contribution in [-0.4, -0.2) is 44.2 Å². The Morgan fingerprint density at radius 1 is 1.39 bits per heavy atom. The minimum Gasteiger partial charge on any atom is -0.497 e. The van der Waals surface area contributed by atoms with Gasteiger partial charge in [-0.15, -0.1) is 6.58 Å². The average molecular weight is 324 g/mol. The van der Waals surface area contributed by atoms with Gasteiger partial charge in [-0.25, -0.2) is 4.39 Å². The molecule has 0 saturated carbocycles. The summed E-state index contributed by atoms with van der Waals surface area (Å²) in [5.74, 6) is -0.517. The van der Waals surface area contributed by atoms with Crippen molar-refractivity contribution in [3.05, 3.63) is 42.5 Å². The molecular weight excluding hydrogens is 303 g/mol. The van der Waals surface area contributed by atoms with Gasteiger partial charge in [-0.1, -0.05) is 18.2 Å². The molecule has 1 aromatic rings. The molecule has 1 unspecified atom stereocenters. The molecule has 126 valence electrons. The first kappa shape index (κ1) is 16.4. The smallest absolute Gasteiger partial charge is 0.197 e. The first-order chi connectivity index (χ1) is 11.1. The predicted octanol–water partition coefficient (Wildman–Crippen LogP) is 2.59. The van der Waals surface area contributed by atoms with Crippen molar-refractivity contribution >= 4 is 0 Å². The highest BCUT2D eigenvalue weighted by Crippen LogP contribution is 2.39. The van der Waals surface area contributed by atoms with Gasteiger partial charge >= 0.3 is 0 Å². The van der Waals surface area contributed by atoms with E-state index in [9.17, 15) is 4.39 Å². The maximum Gasteiger partial charge on any atom is 0.197 e. The number of benzene rings is 1. The molecule has 0 aliphatic carbocycles. The van der Waals surface area contributed by atoms with Gasteiger partial charge in [0.15, 0.2) is 12.1 Å². The van der Waals surface area contributed by atoms with Crippen LogP contribution in [0.3, 0.4) is 0 Å². The second kappa shape index (κ2) is 6.57. The Hall–Kier alpha value is -1.47. The summed E-state index contributed by atoms with van der Waals surface area (Å²) in [5.41, 5.74) is 0.961. The van der Waals surface area contributed by atoms with Crippen LogP contribution < -0.4 is 4.74 Å². The summed E-state index contributed by atoms with van der Waals surface area (Å²) in [4.78, 5) is 0. The number of ether oxygens (including phenoxy) is 5. The molecule has 5 atom stereocenters. The van der Waals surface area contributed by atoms with E-state index in [0.717, 1.165) is 11.3 Å². The zero-order valence-electron chi connectivity index (χ0n) is 13.2. The molecule has 2 heterocycles. The van der Waals surface area contributed by atoms with E-state index in [1.807, 2.05) is 24.3 Å². The summed E-state index contributed by atoms with van der Waals surface area (Å²) in [6.45, 7) is 4.91. The Kier molecular flexibility index (Phi) is 4.68. The molecule has 2 aliphatic heterocycles. The first-order valence-electron chi connectivity index (χ1n) is 7.53. The van der Waals surface area contributed by atoms with E-state index in [0.29, 0.717) is 6.61 Å². The molecule has 0 radical (unpaired) electrons. The fourth-order valence-electron chi connectivity index (χ4n) is 2.83. The summed E-state index contributed by atoms with van der Waals surface area (Å²) in [6.07, 6.45) is -0.246. The number of halogens is 1. The second-order valence-corrected chi connectivity index (χ2v) is 5.80. The fourth-order valence-corrected chi connectivity index (χ4v) is 2.83. The molecule has 6 heteroatoms. The third-order valence-electron chi connectivity index (χ3n) is 4.01. The highest BCUT2D eigenvalue weighted by molar-refractivity contribution is 5.28. The molecule has 0 aromatic heterocycles. The van der Waals surface area contributed by atoms with E-state index in [4.69, 9.17) is 23.7 Å². The summed E-state index contributed by atoms with van der Waals surface area (Å²) in [6, 6.07) is 7.60. The summed E-state index contributed by atoms with van der Waals surface area (Å²) >= 11 is 0. The lowest BCUT2D eigenvalue weighted by atomic mass is 10.1. The topological polar surface area (TPSA) is 46.2 Å². The van der Waals surface area contributed by atoms with Gasteiger partial charge in [0.25, 0.3) is 0 Å². The van der Waals surface area contributed by atoms with Gasteiger partial charge in [0, 0.05) is 0 Å². The molecule has 0 amide bonds. The predicted molar refractivity (Wildman–Crippen MR) is 80.8 cm³/mol.